The third-order valence-electron chi connectivity index (χ3n) is 8.38. The Labute approximate surface area is 246 Å². The van der Waals surface area contributed by atoms with E-state index >= 15 is 0 Å². The van der Waals surface area contributed by atoms with Crippen LogP contribution < -0.4 is 10.1 Å². The largest absolute Gasteiger partial charge is 0.485 e. The number of hydrogen-bond acceptors (Lipinski definition) is 4. The average Bonchev–Trinajstić information content (AvgIpc) is 2.93. The molecule has 1 aliphatic carbocycles. The first kappa shape index (κ1) is 29.1. The highest BCUT2D eigenvalue weighted by molar-refractivity contribution is 9.10. The summed E-state index contributed by atoms with van der Waals surface area (Å²) in [7, 11) is 0. The van der Waals surface area contributed by atoms with Crippen molar-refractivity contribution in [3.63, 3.8) is 0 Å². The van der Waals surface area contributed by atoms with Crippen LogP contribution in [-0.2, 0) is 22.6 Å². The predicted molar refractivity (Wildman–Crippen MR) is 162 cm³/mol. The Morgan fingerprint density at radius 3 is 2.55 bits per heavy atom. The molecule has 0 radical (unpaired) electrons. The van der Waals surface area contributed by atoms with Crippen LogP contribution in [0.1, 0.15) is 80.7 Å². The van der Waals surface area contributed by atoms with Crippen molar-refractivity contribution in [2.75, 3.05) is 11.9 Å². The van der Waals surface area contributed by atoms with E-state index in [-0.39, 0.29) is 18.5 Å². The molecule has 4 nitrogen and oxygen atoms in total. The molecule has 3 aromatic carbocycles. The van der Waals surface area contributed by atoms with Crippen LogP contribution in [0.2, 0.25) is 0 Å². The van der Waals surface area contributed by atoms with E-state index in [1.807, 2.05) is 26.0 Å². The van der Waals surface area contributed by atoms with Crippen LogP contribution in [0.5, 0.6) is 5.75 Å². The van der Waals surface area contributed by atoms with Gasteiger partial charge in [0.1, 0.15) is 29.4 Å². The van der Waals surface area contributed by atoms with Crippen molar-refractivity contribution >= 4 is 21.6 Å². The summed E-state index contributed by atoms with van der Waals surface area (Å²) >= 11 is 3.34. The zero-order valence-electron chi connectivity index (χ0n) is 23.9. The minimum absolute atomic E-state index is 0.139. The molecule has 3 aromatic rings. The van der Waals surface area contributed by atoms with E-state index in [4.69, 9.17) is 14.2 Å². The van der Waals surface area contributed by atoms with Gasteiger partial charge in [-0.05, 0) is 74.6 Å². The van der Waals surface area contributed by atoms with Crippen molar-refractivity contribution in [3.8, 4) is 5.75 Å². The van der Waals surface area contributed by atoms with Gasteiger partial charge in [-0.15, -0.1) is 0 Å². The Kier molecular flexibility index (Phi) is 9.49. The van der Waals surface area contributed by atoms with Crippen molar-refractivity contribution < 1.29 is 18.6 Å². The zero-order valence-corrected chi connectivity index (χ0v) is 25.4. The van der Waals surface area contributed by atoms with E-state index in [0.717, 1.165) is 35.9 Å². The van der Waals surface area contributed by atoms with E-state index in [1.165, 1.54) is 49.3 Å². The lowest BCUT2D eigenvalue weighted by atomic mass is 9.86. The van der Waals surface area contributed by atoms with Gasteiger partial charge in [-0.3, -0.25) is 0 Å². The number of fused-ring (bicyclic) bond motifs is 1. The second-order valence-corrected chi connectivity index (χ2v) is 12.7. The zero-order chi connectivity index (χ0) is 28.1. The van der Waals surface area contributed by atoms with Gasteiger partial charge in [0.25, 0.3) is 0 Å². The molecule has 0 spiro atoms. The molecule has 1 N–H and O–H groups in total. The van der Waals surface area contributed by atoms with Gasteiger partial charge in [-0.1, -0.05) is 78.4 Å². The SMILES string of the molecule is Cc1ccccc1CNc1ccc2c(c1)C(OCCC1CCCCC1)C(OCc1ccc(Br)cc1F)C(C)(C)O2. The van der Waals surface area contributed by atoms with Crippen molar-refractivity contribution in [1.82, 2.24) is 0 Å². The lowest BCUT2D eigenvalue weighted by Crippen LogP contribution is -2.51. The molecule has 0 bridgehead atoms. The monoisotopic (exact) mass is 609 g/mol. The number of anilines is 1. The summed E-state index contributed by atoms with van der Waals surface area (Å²) < 4.78 is 35.1. The Hall–Kier alpha value is -2.41. The number of nitrogens with one attached hydrogen (secondary N) is 1. The van der Waals surface area contributed by atoms with Gasteiger partial charge in [-0.25, -0.2) is 4.39 Å². The van der Waals surface area contributed by atoms with Crippen LogP contribution in [0.25, 0.3) is 0 Å². The Bertz CT molecular complexity index is 1290. The molecule has 2 unspecified atom stereocenters. The summed E-state index contributed by atoms with van der Waals surface area (Å²) in [6.07, 6.45) is 6.86. The summed E-state index contributed by atoms with van der Waals surface area (Å²) in [5.74, 6) is 1.24. The summed E-state index contributed by atoms with van der Waals surface area (Å²) in [5.41, 5.74) is 4.35. The molecule has 5 rings (SSSR count). The van der Waals surface area contributed by atoms with Gasteiger partial charge in [0.2, 0.25) is 0 Å². The number of hydrogen-bond donors (Lipinski definition) is 1. The summed E-state index contributed by atoms with van der Waals surface area (Å²) in [4.78, 5) is 0. The number of aryl methyl sites for hydroxylation is 1. The van der Waals surface area contributed by atoms with Crippen molar-refractivity contribution in [2.45, 2.75) is 90.3 Å². The molecule has 0 aromatic heterocycles. The number of rotatable bonds is 10. The second kappa shape index (κ2) is 13.1. The molecule has 6 heteroatoms. The maximum Gasteiger partial charge on any atom is 0.132 e. The standard InChI is InChI=1S/C34H41BrFNO3/c1-23-9-7-8-12-25(23)21-37-28-15-16-31-29(20-28)32(38-18-17-24-10-5-4-6-11-24)33(34(2,3)40-31)39-22-26-13-14-27(35)19-30(26)36/h7-9,12-16,19-20,24,32-33,37H,4-6,10-11,17-18,21-22H2,1-3H3. The maximum absolute atomic E-state index is 14.7. The fourth-order valence-electron chi connectivity index (χ4n) is 5.97. The molecule has 1 fully saturated rings. The first-order valence-corrected chi connectivity index (χ1v) is 15.4. The summed E-state index contributed by atoms with van der Waals surface area (Å²) in [6.45, 7) is 7.72. The highest BCUT2D eigenvalue weighted by Crippen LogP contribution is 2.45. The van der Waals surface area contributed by atoms with Crippen LogP contribution in [0.4, 0.5) is 10.1 Å². The lowest BCUT2D eigenvalue weighted by molar-refractivity contribution is -0.168. The molecule has 1 heterocycles. The van der Waals surface area contributed by atoms with Gasteiger partial charge in [0.15, 0.2) is 0 Å². The fourth-order valence-corrected chi connectivity index (χ4v) is 6.30. The predicted octanol–water partition coefficient (Wildman–Crippen LogP) is 9.29. The van der Waals surface area contributed by atoms with E-state index in [1.54, 1.807) is 6.07 Å². The Morgan fingerprint density at radius 1 is 0.975 bits per heavy atom. The number of halogens is 2. The van der Waals surface area contributed by atoms with Gasteiger partial charge in [0, 0.05) is 34.4 Å². The van der Waals surface area contributed by atoms with Crippen LogP contribution in [0.15, 0.2) is 65.1 Å². The first-order chi connectivity index (χ1) is 19.3. The third kappa shape index (κ3) is 7.07. The Balaban J connectivity index is 1.38. The quantitative estimate of drug-likeness (QED) is 0.248. The number of ether oxygens (including phenoxy) is 3. The molecule has 0 amide bonds. The van der Waals surface area contributed by atoms with Crippen molar-refractivity contribution in [1.29, 1.82) is 0 Å². The highest BCUT2D eigenvalue weighted by atomic mass is 79.9. The van der Waals surface area contributed by atoms with Crippen LogP contribution in [0, 0.1) is 18.7 Å². The molecule has 1 aliphatic heterocycles. The molecule has 1 saturated carbocycles. The van der Waals surface area contributed by atoms with Gasteiger partial charge < -0.3 is 19.5 Å². The van der Waals surface area contributed by atoms with Crippen molar-refractivity contribution in [3.05, 3.63) is 93.2 Å². The molecule has 40 heavy (non-hydrogen) atoms. The second-order valence-electron chi connectivity index (χ2n) is 11.8. The van der Waals surface area contributed by atoms with Crippen molar-refractivity contribution in [2.24, 2.45) is 5.92 Å². The topological polar surface area (TPSA) is 39.7 Å². The van der Waals surface area contributed by atoms with E-state index < -0.39 is 11.7 Å². The first-order valence-electron chi connectivity index (χ1n) is 14.6. The van der Waals surface area contributed by atoms with Crippen LogP contribution in [0.3, 0.4) is 0 Å². The van der Waals surface area contributed by atoms with Gasteiger partial charge in [-0.2, -0.15) is 0 Å². The van der Waals surface area contributed by atoms with Gasteiger partial charge >= 0.3 is 0 Å². The summed E-state index contributed by atoms with van der Waals surface area (Å²) in [6, 6.07) is 19.7. The van der Waals surface area contributed by atoms with E-state index in [2.05, 4.69) is 64.6 Å². The molecule has 2 aliphatic rings. The number of benzene rings is 3. The highest BCUT2D eigenvalue weighted by Gasteiger charge is 2.46. The van der Waals surface area contributed by atoms with E-state index in [9.17, 15) is 4.39 Å². The maximum atomic E-state index is 14.7. The van der Waals surface area contributed by atoms with Gasteiger partial charge in [0.05, 0.1) is 6.61 Å². The minimum atomic E-state index is -0.662. The molecule has 2 atom stereocenters. The summed E-state index contributed by atoms with van der Waals surface area (Å²) in [5, 5.41) is 3.58. The van der Waals surface area contributed by atoms with E-state index in [0.29, 0.717) is 16.6 Å². The molecular weight excluding hydrogens is 569 g/mol. The smallest absolute Gasteiger partial charge is 0.132 e. The lowest BCUT2D eigenvalue weighted by Gasteiger charge is -2.44. The normalized spacial score (nSPS) is 20.5. The third-order valence-corrected chi connectivity index (χ3v) is 8.87. The van der Waals surface area contributed by atoms with Crippen LogP contribution in [-0.4, -0.2) is 18.3 Å². The molecule has 214 valence electrons. The Morgan fingerprint density at radius 2 is 1.77 bits per heavy atom. The molecular formula is C34H41BrFNO3. The van der Waals surface area contributed by atoms with Crippen LogP contribution >= 0.6 is 15.9 Å². The average molecular weight is 611 g/mol. The minimum Gasteiger partial charge on any atom is -0.485 e. The molecule has 0 saturated heterocycles. The fraction of sp³-hybridized carbons (Fsp3) is 0.471.